The molecule has 0 aromatic heterocycles. The zero-order valence-electron chi connectivity index (χ0n) is 18.6. The molecule has 1 aliphatic heterocycles. The molecule has 7 heteroatoms. The second-order valence-electron chi connectivity index (χ2n) is 9.37. The van der Waals surface area contributed by atoms with E-state index < -0.39 is 11.0 Å². The van der Waals surface area contributed by atoms with Crippen molar-refractivity contribution in [1.29, 1.82) is 0 Å². The highest BCUT2D eigenvalue weighted by atomic mass is 35.5. The van der Waals surface area contributed by atoms with Crippen LogP contribution in [0.4, 0.5) is 0 Å². The predicted octanol–water partition coefficient (Wildman–Crippen LogP) is 4.47. The lowest BCUT2D eigenvalue weighted by atomic mass is 9.55. The number of carbonyl (C=O) groups is 1. The number of rotatable bonds is 6. The monoisotopic (exact) mass is 488 g/mol. The summed E-state index contributed by atoms with van der Waals surface area (Å²) in [4.78, 5) is 15.1. The van der Waals surface area contributed by atoms with Crippen molar-refractivity contribution < 1.29 is 15.0 Å². The normalized spacial score (nSPS) is 27.5. The number of likely N-dealkylation sites (tertiary alicyclic amines) is 1. The van der Waals surface area contributed by atoms with Crippen LogP contribution >= 0.6 is 23.2 Å². The summed E-state index contributed by atoms with van der Waals surface area (Å²) < 4.78 is 0. The molecule has 5 nitrogen and oxygen atoms in total. The van der Waals surface area contributed by atoms with Crippen LogP contribution in [0.15, 0.2) is 55.1 Å². The number of piperidine rings is 1. The average Bonchev–Trinajstić information content (AvgIpc) is 2.77. The molecule has 2 aliphatic rings. The maximum Gasteiger partial charge on any atom is 0.224 e. The molecule has 2 aromatic rings. The topological polar surface area (TPSA) is 72.8 Å². The van der Waals surface area contributed by atoms with Gasteiger partial charge in [-0.05, 0) is 67.6 Å². The Morgan fingerprint density at radius 1 is 1.21 bits per heavy atom. The molecule has 0 bridgehead atoms. The van der Waals surface area contributed by atoms with E-state index in [1.165, 1.54) is 0 Å². The molecule has 1 saturated carbocycles. The maximum atomic E-state index is 12.8. The molecule has 4 rings (SSSR count). The van der Waals surface area contributed by atoms with Crippen molar-refractivity contribution in [2.75, 3.05) is 19.6 Å². The second kappa shape index (κ2) is 9.67. The minimum Gasteiger partial charge on any atom is -0.508 e. The van der Waals surface area contributed by atoms with Gasteiger partial charge in [0.1, 0.15) is 5.75 Å². The molecule has 1 amide bonds. The SMILES string of the molecule is C=CCN1CC[C@@]2(c3cccc(O)c3)C[C@@H](NC(=O)Cc3ccc(Cl)c(Cl)c3)CC[C@]2(O)C1. The number of β-amino-alcohol motifs (C(OH)–C–C–N with tert-alkyl or cyclic N) is 1. The van der Waals surface area contributed by atoms with Crippen molar-refractivity contribution in [3.8, 4) is 5.75 Å². The minimum atomic E-state index is -0.951. The van der Waals surface area contributed by atoms with E-state index in [0.29, 0.717) is 35.9 Å². The number of amides is 1. The van der Waals surface area contributed by atoms with Crippen molar-refractivity contribution in [3.05, 3.63) is 76.3 Å². The van der Waals surface area contributed by atoms with Crippen LogP contribution in [0.25, 0.3) is 0 Å². The van der Waals surface area contributed by atoms with Crippen LogP contribution in [-0.4, -0.2) is 52.3 Å². The molecule has 2 fully saturated rings. The highest BCUT2D eigenvalue weighted by molar-refractivity contribution is 6.42. The summed E-state index contributed by atoms with van der Waals surface area (Å²) in [6, 6.07) is 12.3. The quantitative estimate of drug-likeness (QED) is 0.524. The van der Waals surface area contributed by atoms with Crippen LogP contribution in [-0.2, 0) is 16.6 Å². The number of halogens is 2. The number of phenols is 1. The summed E-state index contributed by atoms with van der Waals surface area (Å²) in [7, 11) is 0. The minimum absolute atomic E-state index is 0.0751. The summed E-state index contributed by atoms with van der Waals surface area (Å²) >= 11 is 12.1. The number of aliphatic hydroxyl groups is 1. The second-order valence-corrected chi connectivity index (χ2v) is 10.2. The number of fused-ring (bicyclic) bond motifs is 1. The number of nitrogens with one attached hydrogen (secondary N) is 1. The zero-order chi connectivity index (χ0) is 23.6. The molecule has 1 saturated heterocycles. The fourth-order valence-electron chi connectivity index (χ4n) is 5.64. The third-order valence-electron chi connectivity index (χ3n) is 7.23. The van der Waals surface area contributed by atoms with Gasteiger partial charge in [-0.1, -0.05) is 47.5 Å². The van der Waals surface area contributed by atoms with E-state index in [-0.39, 0.29) is 24.1 Å². The predicted molar refractivity (Wildman–Crippen MR) is 132 cm³/mol. The molecular formula is C26H30Cl2N2O3. The van der Waals surface area contributed by atoms with E-state index in [2.05, 4.69) is 16.8 Å². The van der Waals surface area contributed by atoms with Crippen molar-refractivity contribution in [2.24, 2.45) is 0 Å². The Kier molecular flexibility index (Phi) is 7.06. The third-order valence-corrected chi connectivity index (χ3v) is 7.97. The van der Waals surface area contributed by atoms with Gasteiger partial charge in [-0.3, -0.25) is 9.69 Å². The molecular weight excluding hydrogens is 459 g/mol. The van der Waals surface area contributed by atoms with Crippen LogP contribution in [0.1, 0.15) is 36.8 Å². The summed E-state index contributed by atoms with van der Waals surface area (Å²) in [5, 5.41) is 26.2. The van der Waals surface area contributed by atoms with E-state index in [1.807, 2.05) is 18.2 Å². The molecule has 0 spiro atoms. The summed E-state index contributed by atoms with van der Waals surface area (Å²) in [6.45, 7) is 5.92. The number of aromatic hydroxyl groups is 1. The van der Waals surface area contributed by atoms with Crippen LogP contribution < -0.4 is 5.32 Å². The van der Waals surface area contributed by atoms with Gasteiger partial charge < -0.3 is 15.5 Å². The van der Waals surface area contributed by atoms with Gasteiger partial charge >= 0.3 is 0 Å². The summed E-state index contributed by atoms with van der Waals surface area (Å²) in [5.41, 5.74) is 0.220. The Hall–Kier alpha value is -2.05. The molecule has 2 aromatic carbocycles. The van der Waals surface area contributed by atoms with Gasteiger partial charge in [0, 0.05) is 24.5 Å². The van der Waals surface area contributed by atoms with Gasteiger partial charge in [0.05, 0.1) is 22.1 Å². The first kappa shape index (κ1) is 24.1. The van der Waals surface area contributed by atoms with Crippen molar-refractivity contribution in [3.63, 3.8) is 0 Å². The molecule has 176 valence electrons. The lowest BCUT2D eigenvalue weighted by molar-refractivity contribution is -0.132. The zero-order valence-corrected chi connectivity index (χ0v) is 20.1. The first-order valence-electron chi connectivity index (χ1n) is 11.3. The first-order chi connectivity index (χ1) is 15.7. The molecule has 1 aliphatic carbocycles. The van der Waals surface area contributed by atoms with Crippen LogP contribution in [0.2, 0.25) is 10.0 Å². The van der Waals surface area contributed by atoms with Crippen molar-refractivity contribution >= 4 is 29.1 Å². The summed E-state index contributed by atoms with van der Waals surface area (Å²) in [5.74, 6) is 0.0995. The highest BCUT2D eigenvalue weighted by Crippen LogP contribution is 2.52. The number of nitrogens with zero attached hydrogens (tertiary/aromatic N) is 1. The third kappa shape index (κ3) is 4.92. The smallest absolute Gasteiger partial charge is 0.224 e. The van der Waals surface area contributed by atoms with Gasteiger partial charge in [-0.2, -0.15) is 0 Å². The van der Waals surface area contributed by atoms with Crippen LogP contribution in [0, 0.1) is 0 Å². The Bertz CT molecular complexity index is 1050. The van der Waals surface area contributed by atoms with Gasteiger partial charge in [-0.15, -0.1) is 6.58 Å². The van der Waals surface area contributed by atoms with Crippen molar-refractivity contribution in [1.82, 2.24) is 10.2 Å². The first-order valence-corrected chi connectivity index (χ1v) is 12.1. The maximum absolute atomic E-state index is 12.8. The van der Waals surface area contributed by atoms with Crippen LogP contribution in [0.5, 0.6) is 5.75 Å². The lowest BCUT2D eigenvalue weighted by Crippen LogP contribution is -2.67. The van der Waals surface area contributed by atoms with E-state index in [9.17, 15) is 15.0 Å². The van der Waals surface area contributed by atoms with E-state index >= 15 is 0 Å². The Labute approximate surface area is 205 Å². The number of carbonyl (C=O) groups excluding carboxylic acids is 1. The van der Waals surface area contributed by atoms with E-state index in [0.717, 1.165) is 30.6 Å². The molecule has 0 radical (unpaired) electrons. The molecule has 1 heterocycles. The fraction of sp³-hybridized carbons (Fsp3) is 0.423. The fourth-order valence-corrected chi connectivity index (χ4v) is 5.96. The molecule has 3 N–H and O–H groups in total. The van der Waals surface area contributed by atoms with Gasteiger partial charge in [0.25, 0.3) is 0 Å². The van der Waals surface area contributed by atoms with Gasteiger partial charge in [-0.25, -0.2) is 0 Å². The lowest BCUT2D eigenvalue weighted by Gasteiger charge is -2.58. The molecule has 3 atom stereocenters. The van der Waals surface area contributed by atoms with Gasteiger partial charge in [0.2, 0.25) is 5.91 Å². The highest BCUT2D eigenvalue weighted by Gasteiger charge is 2.57. The van der Waals surface area contributed by atoms with Crippen molar-refractivity contribution in [2.45, 2.75) is 49.2 Å². The number of phenolic OH excluding ortho intramolecular Hbond substituents is 1. The number of hydrogen-bond acceptors (Lipinski definition) is 4. The Morgan fingerprint density at radius 3 is 2.76 bits per heavy atom. The number of benzene rings is 2. The van der Waals surface area contributed by atoms with Crippen LogP contribution in [0.3, 0.4) is 0 Å². The summed E-state index contributed by atoms with van der Waals surface area (Å²) in [6.07, 6.45) is 4.67. The molecule has 33 heavy (non-hydrogen) atoms. The number of hydrogen-bond donors (Lipinski definition) is 3. The van der Waals surface area contributed by atoms with E-state index in [4.69, 9.17) is 23.2 Å². The average molecular weight is 489 g/mol. The Morgan fingerprint density at radius 2 is 2.03 bits per heavy atom. The Balaban J connectivity index is 1.55. The van der Waals surface area contributed by atoms with E-state index in [1.54, 1.807) is 30.3 Å². The standard InChI is InChI=1S/C26H30Cl2N2O3/c1-2-11-30-12-10-25(19-4-3-5-21(31)15-19)16-20(8-9-26(25,33)17-30)29-24(32)14-18-6-7-22(27)23(28)13-18/h2-7,13,15,20,31,33H,1,8-12,14,16-17H2,(H,29,32)/t20-,25-,26-/m0/s1. The van der Waals surface area contributed by atoms with Gasteiger partial charge in [0.15, 0.2) is 0 Å². The molecule has 0 unspecified atom stereocenters. The largest absolute Gasteiger partial charge is 0.508 e.